The van der Waals surface area contributed by atoms with Gasteiger partial charge in [0, 0.05) is 29.1 Å². The zero-order valence-electron chi connectivity index (χ0n) is 15.0. The van der Waals surface area contributed by atoms with Crippen molar-refractivity contribution in [2.75, 3.05) is 26.2 Å². The predicted octanol–water partition coefficient (Wildman–Crippen LogP) is 2.78. The minimum atomic E-state index is -0.216. The van der Waals surface area contributed by atoms with Gasteiger partial charge >= 0.3 is 0 Å². The Hall–Kier alpha value is -1.96. The number of primary amides is 1. The van der Waals surface area contributed by atoms with Crippen LogP contribution in [0.25, 0.3) is 10.6 Å². The Labute approximate surface area is 167 Å². The van der Waals surface area contributed by atoms with Crippen molar-refractivity contribution in [3.63, 3.8) is 0 Å². The fourth-order valence-corrected chi connectivity index (χ4v) is 4.21. The van der Waals surface area contributed by atoms with Gasteiger partial charge in [-0.1, -0.05) is 23.7 Å². The van der Waals surface area contributed by atoms with Crippen molar-refractivity contribution < 1.29 is 9.59 Å². The van der Waals surface area contributed by atoms with Crippen LogP contribution < -0.4 is 11.1 Å². The molecule has 1 fully saturated rings. The van der Waals surface area contributed by atoms with Gasteiger partial charge in [0.2, 0.25) is 5.91 Å². The third-order valence-corrected chi connectivity index (χ3v) is 5.78. The van der Waals surface area contributed by atoms with Crippen LogP contribution in [0.15, 0.2) is 29.6 Å². The van der Waals surface area contributed by atoms with Gasteiger partial charge in [-0.05, 0) is 44.5 Å². The Kier molecular flexibility index (Phi) is 6.82. The number of halogens is 1. The zero-order chi connectivity index (χ0) is 19.2. The summed E-state index contributed by atoms with van der Waals surface area (Å²) in [6.07, 6.45) is 2.69. The Morgan fingerprint density at radius 2 is 2.26 bits per heavy atom. The second-order valence-corrected chi connectivity index (χ2v) is 7.99. The number of carbonyl (C=O) groups is 2. The van der Waals surface area contributed by atoms with Crippen LogP contribution in [0, 0.1) is 5.92 Å². The number of hydrogen-bond donors (Lipinski definition) is 2. The summed E-state index contributed by atoms with van der Waals surface area (Å²) in [6, 6.07) is 7.42. The highest BCUT2D eigenvalue weighted by molar-refractivity contribution is 7.13. The molecule has 0 saturated carbocycles. The predicted molar refractivity (Wildman–Crippen MR) is 108 cm³/mol. The van der Waals surface area contributed by atoms with E-state index in [0.717, 1.165) is 49.5 Å². The van der Waals surface area contributed by atoms with Crippen molar-refractivity contribution in [3.8, 4) is 10.6 Å². The number of piperidine rings is 1. The SMILES string of the molecule is NC(=O)C1CCCN(CCCNC(=O)c2csc(-c3cccc(Cl)c3)n2)C1. The third-order valence-electron chi connectivity index (χ3n) is 4.65. The summed E-state index contributed by atoms with van der Waals surface area (Å²) in [7, 11) is 0. The van der Waals surface area contributed by atoms with Crippen LogP contribution in [-0.4, -0.2) is 47.9 Å². The first-order chi connectivity index (χ1) is 13.0. The number of amides is 2. The van der Waals surface area contributed by atoms with E-state index in [1.165, 1.54) is 11.3 Å². The van der Waals surface area contributed by atoms with E-state index in [-0.39, 0.29) is 17.7 Å². The molecule has 2 amide bonds. The maximum atomic E-state index is 12.3. The molecule has 1 aliphatic heterocycles. The van der Waals surface area contributed by atoms with Crippen molar-refractivity contribution in [1.29, 1.82) is 0 Å². The summed E-state index contributed by atoms with van der Waals surface area (Å²) in [6.45, 7) is 3.11. The summed E-state index contributed by atoms with van der Waals surface area (Å²) in [5.74, 6) is -0.437. The number of nitrogens with zero attached hydrogens (tertiary/aromatic N) is 2. The number of nitrogens with two attached hydrogens (primary N) is 1. The molecule has 0 radical (unpaired) electrons. The van der Waals surface area contributed by atoms with Gasteiger partial charge < -0.3 is 16.0 Å². The summed E-state index contributed by atoms with van der Waals surface area (Å²) in [5.41, 5.74) is 6.73. The molecule has 2 heterocycles. The molecule has 3 rings (SSSR count). The summed E-state index contributed by atoms with van der Waals surface area (Å²) < 4.78 is 0. The summed E-state index contributed by atoms with van der Waals surface area (Å²) in [5, 5.41) is 6.08. The summed E-state index contributed by atoms with van der Waals surface area (Å²) >= 11 is 7.43. The van der Waals surface area contributed by atoms with Crippen LogP contribution in [-0.2, 0) is 4.79 Å². The number of likely N-dealkylation sites (tertiary alicyclic amines) is 1. The number of thiazole rings is 1. The molecule has 0 aliphatic carbocycles. The molecule has 144 valence electrons. The molecule has 1 unspecified atom stereocenters. The molecule has 1 atom stereocenters. The van der Waals surface area contributed by atoms with Gasteiger partial charge in [0.25, 0.3) is 5.91 Å². The molecule has 8 heteroatoms. The number of rotatable bonds is 7. The average molecular weight is 407 g/mol. The second kappa shape index (κ2) is 9.30. The minimum Gasteiger partial charge on any atom is -0.369 e. The Bertz CT molecular complexity index is 811. The van der Waals surface area contributed by atoms with Gasteiger partial charge in [-0.2, -0.15) is 0 Å². The maximum Gasteiger partial charge on any atom is 0.270 e. The molecular formula is C19H23ClN4O2S. The molecule has 0 spiro atoms. The lowest BCUT2D eigenvalue weighted by atomic mass is 9.97. The molecule has 6 nitrogen and oxygen atoms in total. The average Bonchev–Trinajstić information content (AvgIpc) is 3.16. The normalized spacial score (nSPS) is 17.6. The van der Waals surface area contributed by atoms with Gasteiger partial charge in [-0.15, -0.1) is 11.3 Å². The topological polar surface area (TPSA) is 88.3 Å². The first-order valence-electron chi connectivity index (χ1n) is 9.04. The van der Waals surface area contributed by atoms with Crippen molar-refractivity contribution >= 4 is 34.8 Å². The van der Waals surface area contributed by atoms with Crippen molar-refractivity contribution in [2.24, 2.45) is 11.7 Å². The maximum absolute atomic E-state index is 12.3. The van der Waals surface area contributed by atoms with E-state index in [4.69, 9.17) is 17.3 Å². The largest absolute Gasteiger partial charge is 0.369 e. The van der Waals surface area contributed by atoms with Crippen molar-refractivity contribution in [1.82, 2.24) is 15.2 Å². The fourth-order valence-electron chi connectivity index (χ4n) is 3.22. The first-order valence-corrected chi connectivity index (χ1v) is 10.3. The van der Waals surface area contributed by atoms with Gasteiger partial charge in [-0.3, -0.25) is 9.59 Å². The van der Waals surface area contributed by atoms with Crippen LogP contribution in [0.5, 0.6) is 0 Å². The minimum absolute atomic E-state index is 0.0479. The van der Waals surface area contributed by atoms with Crippen LogP contribution in [0.1, 0.15) is 29.8 Å². The summed E-state index contributed by atoms with van der Waals surface area (Å²) in [4.78, 5) is 30.3. The molecule has 3 N–H and O–H groups in total. The van der Waals surface area contributed by atoms with E-state index >= 15 is 0 Å². The lowest BCUT2D eigenvalue weighted by Gasteiger charge is -2.31. The molecule has 2 aromatic rings. The van der Waals surface area contributed by atoms with Crippen molar-refractivity contribution in [3.05, 3.63) is 40.4 Å². The van der Waals surface area contributed by atoms with E-state index in [2.05, 4.69) is 15.2 Å². The monoisotopic (exact) mass is 406 g/mol. The molecule has 1 saturated heterocycles. The van der Waals surface area contributed by atoms with E-state index in [1.54, 1.807) is 11.4 Å². The Morgan fingerprint density at radius 3 is 3.04 bits per heavy atom. The molecule has 1 aromatic carbocycles. The molecule has 1 aromatic heterocycles. The highest BCUT2D eigenvalue weighted by Crippen LogP contribution is 2.26. The highest BCUT2D eigenvalue weighted by Gasteiger charge is 2.23. The van der Waals surface area contributed by atoms with Gasteiger partial charge in [0.15, 0.2) is 0 Å². The number of hydrogen-bond acceptors (Lipinski definition) is 5. The molecular weight excluding hydrogens is 384 g/mol. The molecule has 1 aliphatic rings. The molecule has 0 bridgehead atoms. The Balaban J connectivity index is 1.44. The van der Waals surface area contributed by atoms with Crippen LogP contribution >= 0.6 is 22.9 Å². The van der Waals surface area contributed by atoms with Gasteiger partial charge in [-0.25, -0.2) is 4.98 Å². The zero-order valence-corrected chi connectivity index (χ0v) is 16.6. The van der Waals surface area contributed by atoms with Crippen LogP contribution in [0.3, 0.4) is 0 Å². The quantitative estimate of drug-likeness (QED) is 0.692. The van der Waals surface area contributed by atoms with Crippen LogP contribution in [0.2, 0.25) is 5.02 Å². The van der Waals surface area contributed by atoms with Crippen molar-refractivity contribution in [2.45, 2.75) is 19.3 Å². The van der Waals surface area contributed by atoms with E-state index < -0.39 is 0 Å². The number of nitrogens with one attached hydrogen (secondary N) is 1. The lowest BCUT2D eigenvalue weighted by Crippen LogP contribution is -2.42. The number of benzene rings is 1. The lowest BCUT2D eigenvalue weighted by molar-refractivity contribution is -0.123. The number of aromatic nitrogens is 1. The molecule has 27 heavy (non-hydrogen) atoms. The number of carbonyl (C=O) groups excluding carboxylic acids is 2. The van der Waals surface area contributed by atoms with E-state index in [9.17, 15) is 9.59 Å². The van der Waals surface area contributed by atoms with Gasteiger partial charge in [0.05, 0.1) is 5.92 Å². The van der Waals surface area contributed by atoms with E-state index in [1.807, 2.05) is 18.2 Å². The van der Waals surface area contributed by atoms with Gasteiger partial charge in [0.1, 0.15) is 10.7 Å². The fraction of sp³-hybridized carbons (Fsp3) is 0.421. The third kappa shape index (κ3) is 5.51. The second-order valence-electron chi connectivity index (χ2n) is 6.70. The smallest absolute Gasteiger partial charge is 0.270 e. The van der Waals surface area contributed by atoms with Crippen LogP contribution in [0.4, 0.5) is 0 Å². The highest BCUT2D eigenvalue weighted by atomic mass is 35.5. The standard InChI is InChI=1S/C19H23ClN4O2S/c20-15-6-1-4-13(10-15)19-23-16(12-27-19)18(26)22-7-3-9-24-8-2-5-14(11-24)17(21)25/h1,4,6,10,12,14H,2-3,5,7-9,11H2,(H2,21,25)(H,22,26). The van der Waals surface area contributed by atoms with E-state index in [0.29, 0.717) is 17.3 Å². The Morgan fingerprint density at radius 1 is 1.41 bits per heavy atom. The first kappa shape index (κ1) is 19.8.